The number of aliphatic hydroxyl groups excluding tert-OH is 1. The van der Waals surface area contributed by atoms with Gasteiger partial charge in [-0.3, -0.25) is 14.4 Å². The molecule has 42 heavy (non-hydrogen) atoms. The molecule has 218 valence electrons. The van der Waals surface area contributed by atoms with Gasteiger partial charge < -0.3 is 25.3 Å². The minimum atomic E-state index is -5.06. The van der Waals surface area contributed by atoms with Gasteiger partial charge in [-0.25, -0.2) is 0 Å². The first-order chi connectivity index (χ1) is 19.9. The highest BCUT2D eigenvalue weighted by atomic mass is 32.1. The van der Waals surface area contributed by atoms with Crippen LogP contribution < -0.4 is 10.1 Å². The Balaban J connectivity index is 1.58. The monoisotopic (exact) mass is 598 g/mol. The number of ether oxygens (including phenoxy) is 1. The summed E-state index contributed by atoms with van der Waals surface area (Å²) in [5.41, 5.74) is 0.178. The van der Waals surface area contributed by atoms with Crippen LogP contribution in [0.1, 0.15) is 55.8 Å². The Kier molecular flexibility index (Phi) is 9.04. The lowest BCUT2D eigenvalue weighted by atomic mass is 9.92. The number of aliphatic hydroxyl groups is 1. The molecule has 1 unspecified atom stereocenters. The Morgan fingerprint density at radius 2 is 1.81 bits per heavy atom. The van der Waals surface area contributed by atoms with Gasteiger partial charge in [-0.05, 0) is 55.3 Å². The number of hydrogen-bond donors (Lipinski definition) is 4. The molecule has 1 amide bonds. The number of carboxylic acids is 1. The number of aliphatic carboxylic acids is 1. The molecule has 0 saturated carbocycles. The number of carbonyl (C=O) groups excluding carboxylic acids is 2. The highest BCUT2D eigenvalue weighted by Crippen LogP contribution is 2.29. The topological polar surface area (TPSA) is 129 Å². The van der Waals surface area contributed by atoms with Crippen molar-refractivity contribution in [3.05, 3.63) is 87.2 Å². The molecule has 2 heterocycles. The maximum Gasteiger partial charge on any atom is 0.573 e. The fraction of sp³-hybridized carbons (Fsp3) is 0.233. The van der Waals surface area contributed by atoms with Crippen LogP contribution in [0, 0.1) is 11.8 Å². The van der Waals surface area contributed by atoms with Gasteiger partial charge in [0.15, 0.2) is 5.78 Å². The van der Waals surface area contributed by atoms with Crippen molar-refractivity contribution in [1.82, 2.24) is 10.3 Å². The summed E-state index contributed by atoms with van der Waals surface area (Å²) in [4.78, 5) is 40.1. The molecule has 0 saturated heterocycles. The fourth-order valence-corrected chi connectivity index (χ4v) is 5.04. The summed E-state index contributed by atoms with van der Waals surface area (Å²) < 4.78 is 43.5. The number of nitrogens with one attached hydrogen (secondary N) is 2. The third kappa shape index (κ3) is 7.78. The summed E-state index contributed by atoms with van der Waals surface area (Å²) in [6.07, 6.45) is -3.59. The smallest absolute Gasteiger partial charge is 0.481 e. The molecule has 4 aromatic rings. The normalized spacial score (nSPS) is 12.7. The molecule has 0 radical (unpaired) electrons. The lowest BCUT2D eigenvalue weighted by Crippen LogP contribution is -2.50. The van der Waals surface area contributed by atoms with E-state index in [-0.39, 0.29) is 30.6 Å². The van der Waals surface area contributed by atoms with E-state index in [9.17, 15) is 32.7 Å². The van der Waals surface area contributed by atoms with Gasteiger partial charge in [0.2, 0.25) is 0 Å². The Hall–Kier alpha value is -4.60. The van der Waals surface area contributed by atoms with E-state index in [0.29, 0.717) is 9.75 Å². The summed E-state index contributed by atoms with van der Waals surface area (Å²) in [5, 5.41) is 22.4. The Morgan fingerprint density at radius 3 is 2.52 bits per heavy atom. The molecule has 0 bridgehead atoms. The van der Waals surface area contributed by atoms with E-state index < -0.39 is 41.7 Å². The van der Waals surface area contributed by atoms with Crippen molar-refractivity contribution in [2.24, 2.45) is 0 Å². The van der Waals surface area contributed by atoms with Gasteiger partial charge in [0.1, 0.15) is 5.75 Å². The number of H-pyrrole nitrogens is 1. The number of aromatic nitrogens is 1. The molecule has 2 aromatic heterocycles. The van der Waals surface area contributed by atoms with Crippen LogP contribution in [0.5, 0.6) is 5.75 Å². The third-order valence-electron chi connectivity index (χ3n) is 6.25. The summed E-state index contributed by atoms with van der Waals surface area (Å²) in [7, 11) is 0. The van der Waals surface area contributed by atoms with E-state index in [4.69, 9.17) is 5.11 Å². The summed E-state index contributed by atoms with van der Waals surface area (Å²) in [6.45, 7) is 1.08. The lowest BCUT2D eigenvalue weighted by molar-refractivity contribution is -0.274. The van der Waals surface area contributed by atoms with Gasteiger partial charge in [0.25, 0.3) is 5.91 Å². The van der Waals surface area contributed by atoms with E-state index >= 15 is 0 Å². The largest absolute Gasteiger partial charge is 0.573 e. The number of halogens is 3. The minimum Gasteiger partial charge on any atom is -0.481 e. The number of amides is 1. The first-order valence-corrected chi connectivity index (χ1v) is 13.4. The number of para-hydroxylation sites is 1. The number of thiophene rings is 1. The molecule has 2 aromatic carbocycles. The first kappa shape index (κ1) is 30.4. The maximum absolute atomic E-state index is 13.3. The quantitative estimate of drug-likeness (QED) is 0.145. The Bertz CT molecular complexity index is 1700. The van der Waals surface area contributed by atoms with Crippen molar-refractivity contribution < 1.29 is 42.5 Å². The van der Waals surface area contributed by atoms with Crippen molar-refractivity contribution >= 4 is 39.9 Å². The van der Waals surface area contributed by atoms with Gasteiger partial charge in [0.05, 0.1) is 33.9 Å². The van der Waals surface area contributed by atoms with Gasteiger partial charge in [-0.1, -0.05) is 30.0 Å². The van der Waals surface area contributed by atoms with Crippen LogP contribution in [0.4, 0.5) is 13.2 Å². The standard InChI is InChI=1S/C30H25F3N2O6S/c1-29(17-36,15-19-16-34-23-5-3-2-4-21(19)23)35-28(40)22-14-18(7-11-25(22)41-30(31,32)33)6-8-20-9-12-26(42-20)24(37)10-13-27(38)39/h2-5,7,9,11-12,14,16,34,36H,10,13,15,17H2,1H3,(H,35,40)(H,38,39). The van der Waals surface area contributed by atoms with E-state index in [0.717, 1.165) is 39.9 Å². The molecule has 0 spiro atoms. The molecule has 4 N–H and O–H groups in total. The molecule has 4 rings (SSSR count). The number of aromatic amines is 1. The zero-order valence-electron chi connectivity index (χ0n) is 22.2. The molecule has 0 fully saturated rings. The second-order valence-electron chi connectivity index (χ2n) is 9.70. The zero-order chi connectivity index (χ0) is 30.5. The summed E-state index contributed by atoms with van der Waals surface area (Å²) in [5.74, 6) is 2.50. The first-order valence-electron chi connectivity index (χ1n) is 12.6. The van der Waals surface area contributed by atoms with Crippen LogP contribution in [0.2, 0.25) is 0 Å². The average Bonchev–Trinajstić information content (AvgIpc) is 3.58. The Morgan fingerprint density at radius 1 is 1.05 bits per heavy atom. The highest BCUT2D eigenvalue weighted by molar-refractivity contribution is 7.14. The number of carboxylic acid groups (broad SMARTS) is 1. The maximum atomic E-state index is 13.3. The molecule has 12 heteroatoms. The van der Waals surface area contributed by atoms with Crippen molar-refractivity contribution in [1.29, 1.82) is 0 Å². The van der Waals surface area contributed by atoms with Crippen LogP contribution in [-0.4, -0.2) is 51.4 Å². The molecule has 0 aliphatic rings. The van der Waals surface area contributed by atoms with Crippen molar-refractivity contribution in [3.63, 3.8) is 0 Å². The molecule has 0 aliphatic carbocycles. The number of alkyl halides is 3. The van der Waals surface area contributed by atoms with Gasteiger partial charge in [-0.15, -0.1) is 24.5 Å². The van der Waals surface area contributed by atoms with Crippen LogP contribution in [-0.2, 0) is 11.2 Å². The van der Waals surface area contributed by atoms with Crippen LogP contribution in [0.15, 0.2) is 60.8 Å². The Labute approximate surface area is 242 Å². The van der Waals surface area contributed by atoms with Gasteiger partial charge in [0, 0.05) is 29.1 Å². The molecule has 0 aliphatic heterocycles. The third-order valence-corrected chi connectivity index (χ3v) is 7.29. The van der Waals surface area contributed by atoms with Crippen molar-refractivity contribution in [2.75, 3.05) is 6.61 Å². The number of hydrogen-bond acceptors (Lipinski definition) is 6. The predicted octanol–water partition coefficient (Wildman–Crippen LogP) is 5.30. The highest BCUT2D eigenvalue weighted by Gasteiger charge is 2.34. The second-order valence-corrected chi connectivity index (χ2v) is 10.8. The van der Waals surface area contributed by atoms with E-state index in [1.165, 1.54) is 12.1 Å². The SMILES string of the molecule is CC(CO)(Cc1c[nH]c2ccccc12)NC(=O)c1cc(C#Cc2ccc(C(=O)CCC(=O)O)s2)ccc1OC(F)(F)F. The average molecular weight is 599 g/mol. The van der Waals surface area contributed by atoms with E-state index in [1.54, 1.807) is 19.2 Å². The van der Waals surface area contributed by atoms with Crippen molar-refractivity contribution in [3.8, 4) is 17.6 Å². The van der Waals surface area contributed by atoms with Crippen molar-refractivity contribution in [2.45, 2.75) is 38.1 Å². The molecule has 8 nitrogen and oxygen atoms in total. The lowest BCUT2D eigenvalue weighted by Gasteiger charge is -2.29. The van der Waals surface area contributed by atoms with Gasteiger partial charge in [-0.2, -0.15) is 0 Å². The predicted molar refractivity (Wildman–Crippen MR) is 150 cm³/mol. The van der Waals surface area contributed by atoms with Crippen LogP contribution >= 0.6 is 11.3 Å². The molecular formula is C30H25F3N2O6S. The zero-order valence-corrected chi connectivity index (χ0v) is 23.0. The fourth-order valence-electron chi connectivity index (χ4n) is 4.21. The van der Waals surface area contributed by atoms with E-state index in [1.807, 2.05) is 24.3 Å². The number of rotatable bonds is 10. The minimum absolute atomic E-state index is 0.158. The van der Waals surface area contributed by atoms with E-state index in [2.05, 4.69) is 26.9 Å². The van der Waals surface area contributed by atoms with Crippen LogP contribution in [0.3, 0.4) is 0 Å². The molecular weight excluding hydrogens is 573 g/mol. The molecule has 1 atom stereocenters. The number of fused-ring (bicyclic) bond motifs is 1. The van der Waals surface area contributed by atoms with Gasteiger partial charge >= 0.3 is 12.3 Å². The number of carbonyl (C=O) groups is 3. The van der Waals surface area contributed by atoms with Crippen LogP contribution in [0.25, 0.3) is 10.9 Å². The number of ketones is 1. The second kappa shape index (κ2) is 12.5. The number of Topliss-reactive ketones (excluding diaryl/α,β-unsaturated/α-hetero) is 1. The summed E-state index contributed by atoms with van der Waals surface area (Å²) >= 11 is 1.05. The summed E-state index contributed by atoms with van der Waals surface area (Å²) in [6, 6.07) is 13.9. The number of benzene rings is 2.